The van der Waals surface area contributed by atoms with Gasteiger partial charge in [0.15, 0.2) is 0 Å². The molecule has 172 valence electrons. The molecule has 1 heterocycles. The summed E-state index contributed by atoms with van der Waals surface area (Å²) in [6.45, 7) is 2.23. The van der Waals surface area contributed by atoms with Crippen LogP contribution in [-0.4, -0.2) is 43.1 Å². The van der Waals surface area contributed by atoms with Crippen LogP contribution in [0.3, 0.4) is 0 Å². The first kappa shape index (κ1) is 23.2. The van der Waals surface area contributed by atoms with Gasteiger partial charge in [-0.05, 0) is 66.3 Å². The standard InChI is InChI=1S/C27H29NO4S/c1-3-32-25-12-11-19(18-7-6-8-22(14-18)31-2)15-24(25)27(30)28-21(16-29)13-20-17-33-26-10-5-4-9-23(20)26/h4-12,14-15,20-21,29H,3,13,16-17H2,1-2H3,(H,28,30)/t20?,21-/m1/s1. The van der Waals surface area contributed by atoms with Crippen molar-refractivity contribution in [1.29, 1.82) is 0 Å². The van der Waals surface area contributed by atoms with Crippen molar-refractivity contribution in [1.82, 2.24) is 5.32 Å². The van der Waals surface area contributed by atoms with Gasteiger partial charge >= 0.3 is 0 Å². The van der Waals surface area contributed by atoms with Crippen LogP contribution in [-0.2, 0) is 0 Å². The SMILES string of the molecule is CCOc1ccc(-c2cccc(OC)c2)cc1C(=O)N[C@@H](CO)CC1CSc2ccccc21. The van der Waals surface area contributed by atoms with Crippen molar-refractivity contribution in [2.24, 2.45) is 0 Å². The molecule has 0 aromatic heterocycles. The molecule has 3 aromatic carbocycles. The van der Waals surface area contributed by atoms with E-state index in [0.717, 1.165) is 22.6 Å². The zero-order valence-electron chi connectivity index (χ0n) is 18.9. The van der Waals surface area contributed by atoms with E-state index in [4.69, 9.17) is 9.47 Å². The molecule has 1 aliphatic heterocycles. The normalized spacial score (nSPS) is 15.5. The summed E-state index contributed by atoms with van der Waals surface area (Å²) >= 11 is 1.83. The highest BCUT2D eigenvalue weighted by atomic mass is 32.2. The molecule has 0 bridgehead atoms. The van der Waals surface area contributed by atoms with Gasteiger partial charge in [-0.1, -0.05) is 36.4 Å². The van der Waals surface area contributed by atoms with Gasteiger partial charge < -0.3 is 19.9 Å². The summed E-state index contributed by atoms with van der Waals surface area (Å²) in [5.74, 6) is 2.29. The van der Waals surface area contributed by atoms with Crippen molar-refractivity contribution >= 4 is 17.7 Å². The van der Waals surface area contributed by atoms with E-state index in [0.29, 0.717) is 30.3 Å². The van der Waals surface area contributed by atoms with Crippen LogP contribution in [0, 0.1) is 0 Å². The number of hydrogen-bond acceptors (Lipinski definition) is 5. The first-order chi connectivity index (χ1) is 16.1. The number of benzene rings is 3. The molecule has 6 heteroatoms. The number of ether oxygens (including phenoxy) is 2. The summed E-state index contributed by atoms with van der Waals surface area (Å²) in [5, 5.41) is 13.1. The number of fused-ring (bicyclic) bond motifs is 1. The zero-order chi connectivity index (χ0) is 23.2. The average Bonchev–Trinajstić information content (AvgIpc) is 3.26. The molecular formula is C27H29NO4S. The number of hydrogen-bond donors (Lipinski definition) is 2. The van der Waals surface area contributed by atoms with Gasteiger partial charge in [0.05, 0.1) is 31.9 Å². The van der Waals surface area contributed by atoms with Gasteiger partial charge in [-0.15, -0.1) is 11.8 Å². The summed E-state index contributed by atoms with van der Waals surface area (Å²) in [4.78, 5) is 14.6. The molecule has 1 amide bonds. The van der Waals surface area contributed by atoms with Crippen LogP contribution in [0.1, 0.15) is 35.2 Å². The highest BCUT2D eigenvalue weighted by Crippen LogP contribution is 2.41. The minimum Gasteiger partial charge on any atom is -0.497 e. The van der Waals surface area contributed by atoms with Gasteiger partial charge in [0, 0.05) is 10.6 Å². The molecule has 0 aliphatic carbocycles. The van der Waals surface area contributed by atoms with Gasteiger partial charge in [0.2, 0.25) is 0 Å². The molecule has 1 unspecified atom stereocenters. The number of aliphatic hydroxyl groups excluding tert-OH is 1. The maximum Gasteiger partial charge on any atom is 0.255 e. The largest absolute Gasteiger partial charge is 0.497 e. The van der Waals surface area contributed by atoms with Crippen LogP contribution in [0.2, 0.25) is 0 Å². The number of aliphatic hydroxyl groups is 1. The van der Waals surface area contributed by atoms with Crippen molar-refractivity contribution in [2.75, 3.05) is 26.1 Å². The Kier molecular flexibility index (Phi) is 7.57. The maximum absolute atomic E-state index is 13.3. The van der Waals surface area contributed by atoms with Gasteiger partial charge in [0.25, 0.3) is 5.91 Å². The lowest BCUT2D eigenvalue weighted by atomic mass is 9.94. The average molecular weight is 464 g/mol. The van der Waals surface area contributed by atoms with E-state index < -0.39 is 0 Å². The van der Waals surface area contributed by atoms with Gasteiger partial charge in [0.1, 0.15) is 11.5 Å². The van der Waals surface area contributed by atoms with Crippen molar-refractivity contribution in [3.8, 4) is 22.6 Å². The molecule has 2 atom stereocenters. The van der Waals surface area contributed by atoms with Crippen LogP contribution in [0.25, 0.3) is 11.1 Å². The second kappa shape index (κ2) is 10.8. The summed E-state index contributed by atoms with van der Waals surface area (Å²) in [6, 6.07) is 21.3. The van der Waals surface area contributed by atoms with Crippen molar-refractivity contribution in [3.05, 3.63) is 77.9 Å². The smallest absolute Gasteiger partial charge is 0.255 e. The zero-order valence-corrected chi connectivity index (χ0v) is 19.7. The molecule has 2 N–H and O–H groups in total. The van der Waals surface area contributed by atoms with Gasteiger partial charge in [-0.2, -0.15) is 0 Å². The summed E-state index contributed by atoms with van der Waals surface area (Å²) < 4.78 is 11.1. The van der Waals surface area contributed by atoms with Crippen LogP contribution >= 0.6 is 11.8 Å². The summed E-state index contributed by atoms with van der Waals surface area (Å²) in [6.07, 6.45) is 0.686. The fourth-order valence-corrected chi connectivity index (χ4v) is 5.45. The lowest BCUT2D eigenvalue weighted by Crippen LogP contribution is -2.38. The minimum atomic E-state index is -0.343. The lowest BCUT2D eigenvalue weighted by Gasteiger charge is -2.21. The maximum atomic E-state index is 13.3. The number of thioether (sulfide) groups is 1. The highest BCUT2D eigenvalue weighted by Gasteiger charge is 2.27. The predicted octanol–water partition coefficient (Wildman–Crippen LogP) is 5.13. The first-order valence-electron chi connectivity index (χ1n) is 11.2. The molecule has 3 aromatic rings. The summed E-state index contributed by atoms with van der Waals surface area (Å²) in [7, 11) is 1.63. The van der Waals surface area contributed by atoms with Crippen LogP contribution in [0.5, 0.6) is 11.5 Å². The van der Waals surface area contributed by atoms with E-state index in [-0.39, 0.29) is 18.6 Å². The third-order valence-corrected chi connectivity index (χ3v) is 7.10. The van der Waals surface area contributed by atoms with Crippen molar-refractivity contribution in [3.63, 3.8) is 0 Å². The summed E-state index contributed by atoms with van der Waals surface area (Å²) in [5.41, 5.74) is 3.59. The van der Waals surface area contributed by atoms with Crippen LogP contribution in [0.4, 0.5) is 0 Å². The van der Waals surface area contributed by atoms with Gasteiger partial charge in [-0.3, -0.25) is 4.79 Å². The second-order valence-electron chi connectivity index (χ2n) is 8.01. The number of carbonyl (C=O) groups is 1. The number of nitrogens with one attached hydrogen (secondary N) is 1. The molecular weight excluding hydrogens is 434 g/mol. The fraction of sp³-hybridized carbons (Fsp3) is 0.296. The molecule has 0 saturated carbocycles. The molecule has 4 rings (SSSR count). The monoisotopic (exact) mass is 463 g/mol. The molecule has 33 heavy (non-hydrogen) atoms. The number of amides is 1. The Bertz CT molecular complexity index is 1120. The number of carbonyl (C=O) groups excluding carboxylic acids is 1. The molecule has 0 saturated heterocycles. The third kappa shape index (κ3) is 5.34. The lowest BCUT2D eigenvalue weighted by molar-refractivity contribution is 0.0907. The van der Waals surface area contributed by atoms with Crippen LogP contribution < -0.4 is 14.8 Å². The quantitative estimate of drug-likeness (QED) is 0.460. The molecule has 0 spiro atoms. The Labute approximate surface area is 199 Å². The minimum absolute atomic E-state index is 0.116. The third-order valence-electron chi connectivity index (χ3n) is 5.85. The van der Waals surface area contributed by atoms with E-state index in [2.05, 4.69) is 17.4 Å². The first-order valence-corrected chi connectivity index (χ1v) is 12.2. The topological polar surface area (TPSA) is 67.8 Å². The van der Waals surface area contributed by atoms with Gasteiger partial charge in [-0.25, -0.2) is 0 Å². The number of methoxy groups -OCH3 is 1. The Morgan fingerprint density at radius 2 is 1.94 bits per heavy atom. The van der Waals surface area contributed by atoms with E-state index in [9.17, 15) is 9.90 Å². The number of rotatable bonds is 9. The fourth-order valence-electron chi connectivity index (χ4n) is 4.18. The second-order valence-corrected chi connectivity index (χ2v) is 9.07. The van der Waals surface area contributed by atoms with Crippen molar-refractivity contribution in [2.45, 2.75) is 30.2 Å². The van der Waals surface area contributed by atoms with Crippen molar-refractivity contribution < 1.29 is 19.4 Å². The Hall–Kier alpha value is -2.96. The molecule has 0 radical (unpaired) electrons. The van der Waals surface area contributed by atoms with E-state index in [1.165, 1.54) is 10.5 Å². The Balaban J connectivity index is 1.55. The Morgan fingerprint density at radius 1 is 1.12 bits per heavy atom. The Morgan fingerprint density at radius 3 is 2.73 bits per heavy atom. The molecule has 0 fully saturated rings. The van der Waals surface area contributed by atoms with E-state index in [1.807, 2.05) is 73.3 Å². The predicted molar refractivity (Wildman–Crippen MR) is 132 cm³/mol. The van der Waals surface area contributed by atoms with E-state index >= 15 is 0 Å². The highest BCUT2D eigenvalue weighted by molar-refractivity contribution is 7.99. The molecule has 1 aliphatic rings. The van der Waals surface area contributed by atoms with E-state index in [1.54, 1.807) is 7.11 Å². The van der Waals surface area contributed by atoms with Crippen LogP contribution in [0.15, 0.2) is 71.6 Å². The molecule has 5 nitrogen and oxygen atoms in total.